The average Bonchev–Trinajstić information content (AvgIpc) is 2.61. The smallest absolute Gasteiger partial charge is 0.276 e. The Bertz CT molecular complexity index is 955. The predicted octanol–water partition coefficient (Wildman–Crippen LogP) is 2.57. The second kappa shape index (κ2) is 6.85. The van der Waals surface area contributed by atoms with Crippen LogP contribution in [0.15, 0.2) is 44.4 Å². The Morgan fingerprint density at radius 3 is 2.92 bits per heavy atom. The number of benzene rings is 1. The van der Waals surface area contributed by atoms with E-state index < -0.39 is 0 Å². The van der Waals surface area contributed by atoms with Crippen molar-refractivity contribution in [1.29, 1.82) is 0 Å². The molecule has 2 heterocycles. The number of rotatable bonds is 1. The molecule has 0 radical (unpaired) electrons. The number of nitrogens with one attached hydrogen (secondary N) is 1. The molecule has 0 spiro atoms. The molecular formula is C19H21BrN4OS. The molecule has 2 aliphatic heterocycles. The Labute approximate surface area is 165 Å². The molecule has 3 aliphatic rings. The highest BCUT2D eigenvalue weighted by molar-refractivity contribution is 9.10. The van der Waals surface area contributed by atoms with Crippen molar-refractivity contribution < 1.29 is 4.79 Å². The van der Waals surface area contributed by atoms with Gasteiger partial charge in [0.05, 0.1) is 5.36 Å². The number of allylic oxidation sites excluding steroid dienone is 2. The SMILES string of the molecule is CSC1=NN2C(=c3cc(Br)ccc3=N[C@@H]2[C@@H]2CC=C(C)C[C@H]2C)C(=O)N1. The van der Waals surface area contributed by atoms with Gasteiger partial charge in [-0.05, 0) is 50.1 Å². The van der Waals surface area contributed by atoms with Gasteiger partial charge in [-0.25, -0.2) is 5.01 Å². The number of amidine groups is 1. The van der Waals surface area contributed by atoms with Crippen molar-refractivity contribution in [3.63, 3.8) is 0 Å². The monoisotopic (exact) mass is 432 g/mol. The van der Waals surface area contributed by atoms with Crippen molar-refractivity contribution in [3.05, 3.63) is 44.9 Å². The fourth-order valence-electron chi connectivity index (χ4n) is 3.97. The highest BCUT2D eigenvalue weighted by atomic mass is 79.9. The van der Waals surface area contributed by atoms with Crippen LogP contribution in [0.25, 0.3) is 5.70 Å². The number of hydrogen-bond donors (Lipinski definition) is 1. The Hall–Kier alpha value is -1.60. The normalized spacial score (nSPS) is 27.7. The third kappa shape index (κ3) is 3.01. The Morgan fingerprint density at radius 1 is 1.38 bits per heavy atom. The number of carbonyl (C=O) groups is 1. The van der Waals surface area contributed by atoms with Crippen LogP contribution in [0.5, 0.6) is 0 Å². The summed E-state index contributed by atoms with van der Waals surface area (Å²) in [5.41, 5.74) is 2.03. The summed E-state index contributed by atoms with van der Waals surface area (Å²) in [4.78, 5) is 17.9. The van der Waals surface area contributed by atoms with Crippen LogP contribution in [-0.4, -0.2) is 28.5 Å². The van der Waals surface area contributed by atoms with E-state index in [2.05, 4.69) is 41.2 Å². The number of hydrazone groups is 1. The van der Waals surface area contributed by atoms with Crippen LogP contribution in [-0.2, 0) is 4.79 Å². The summed E-state index contributed by atoms with van der Waals surface area (Å²) in [7, 11) is 0. The topological polar surface area (TPSA) is 57.1 Å². The molecule has 7 heteroatoms. The summed E-state index contributed by atoms with van der Waals surface area (Å²) >= 11 is 4.95. The highest BCUT2D eigenvalue weighted by Crippen LogP contribution is 2.36. The summed E-state index contributed by atoms with van der Waals surface area (Å²) in [6, 6.07) is 5.90. The zero-order valence-corrected chi connectivity index (χ0v) is 17.4. The molecule has 0 bridgehead atoms. The van der Waals surface area contributed by atoms with E-state index >= 15 is 0 Å². The highest BCUT2D eigenvalue weighted by Gasteiger charge is 2.39. The lowest BCUT2D eigenvalue weighted by atomic mass is 9.79. The third-order valence-corrected chi connectivity index (χ3v) is 6.35. The van der Waals surface area contributed by atoms with Crippen LogP contribution in [0.2, 0.25) is 0 Å². The van der Waals surface area contributed by atoms with Gasteiger partial charge in [0.15, 0.2) is 5.17 Å². The van der Waals surface area contributed by atoms with Gasteiger partial charge in [0, 0.05) is 15.6 Å². The summed E-state index contributed by atoms with van der Waals surface area (Å²) in [5.74, 6) is 0.701. The van der Waals surface area contributed by atoms with E-state index in [0.717, 1.165) is 27.9 Å². The molecule has 1 N–H and O–H groups in total. The van der Waals surface area contributed by atoms with Crippen molar-refractivity contribution in [1.82, 2.24) is 10.3 Å². The first kappa shape index (κ1) is 17.8. The van der Waals surface area contributed by atoms with Crippen LogP contribution in [0.3, 0.4) is 0 Å². The molecule has 4 rings (SSSR count). The van der Waals surface area contributed by atoms with Gasteiger partial charge in [-0.2, -0.15) is 0 Å². The maximum absolute atomic E-state index is 12.9. The van der Waals surface area contributed by atoms with Gasteiger partial charge in [-0.3, -0.25) is 15.1 Å². The average molecular weight is 433 g/mol. The predicted molar refractivity (Wildman–Crippen MR) is 109 cm³/mol. The molecule has 136 valence electrons. The molecule has 1 aromatic carbocycles. The standard InChI is InChI=1S/C19H21BrN4OS/c1-10-4-6-13(11(2)8-10)17-21-15-7-5-12(20)9-14(15)16-18(25)22-19(26-3)23-24(16)17/h4-5,7,9,11,13,17H,6,8H2,1-3H3,(H,22,23,25)/t11-,13-,17+/m1/s1. The van der Waals surface area contributed by atoms with Gasteiger partial charge >= 0.3 is 0 Å². The first-order chi connectivity index (χ1) is 12.5. The Morgan fingerprint density at radius 2 is 2.19 bits per heavy atom. The zero-order chi connectivity index (χ0) is 18.4. The van der Waals surface area contributed by atoms with E-state index in [4.69, 9.17) is 10.1 Å². The first-order valence-electron chi connectivity index (χ1n) is 8.74. The van der Waals surface area contributed by atoms with Gasteiger partial charge < -0.3 is 0 Å². The largest absolute Gasteiger partial charge is 0.298 e. The molecule has 1 aliphatic carbocycles. The fraction of sp³-hybridized carbons (Fsp3) is 0.421. The summed E-state index contributed by atoms with van der Waals surface area (Å²) in [6.07, 6.45) is 6.09. The quantitative estimate of drug-likeness (QED) is 0.693. The Balaban J connectivity index is 1.91. The molecule has 3 atom stereocenters. The van der Waals surface area contributed by atoms with Crippen molar-refractivity contribution in [2.24, 2.45) is 21.9 Å². The van der Waals surface area contributed by atoms with Crippen LogP contribution in [0, 0.1) is 11.8 Å². The molecular weight excluding hydrogens is 412 g/mol. The number of halogens is 1. The van der Waals surface area contributed by atoms with E-state index in [1.165, 1.54) is 17.3 Å². The van der Waals surface area contributed by atoms with Crippen molar-refractivity contribution in [2.75, 3.05) is 6.26 Å². The van der Waals surface area contributed by atoms with Crippen LogP contribution >= 0.6 is 27.7 Å². The number of amides is 1. The molecule has 0 fully saturated rings. The van der Waals surface area contributed by atoms with Gasteiger partial charge in [0.25, 0.3) is 5.91 Å². The molecule has 0 unspecified atom stereocenters. The lowest BCUT2D eigenvalue weighted by Gasteiger charge is -2.40. The maximum atomic E-state index is 12.9. The number of fused-ring (bicyclic) bond motifs is 2. The van der Waals surface area contributed by atoms with E-state index in [9.17, 15) is 4.79 Å². The lowest BCUT2D eigenvalue weighted by Crippen LogP contribution is -2.55. The summed E-state index contributed by atoms with van der Waals surface area (Å²) < 4.78 is 0.925. The van der Waals surface area contributed by atoms with Crippen molar-refractivity contribution >= 4 is 44.5 Å². The first-order valence-corrected chi connectivity index (χ1v) is 10.8. The van der Waals surface area contributed by atoms with E-state index in [-0.39, 0.29) is 12.1 Å². The van der Waals surface area contributed by atoms with E-state index in [1.54, 1.807) is 0 Å². The minimum Gasteiger partial charge on any atom is -0.298 e. The molecule has 5 nitrogen and oxygen atoms in total. The van der Waals surface area contributed by atoms with Crippen molar-refractivity contribution in [2.45, 2.75) is 32.9 Å². The van der Waals surface area contributed by atoms with Crippen LogP contribution < -0.4 is 15.9 Å². The number of thioether (sulfide) groups is 1. The second-order valence-electron chi connectivity index (χ2n) is 7.09. The third-order valence-electron chi connectivity index (χ3n) is 5.29. The lowest BCUT2D eigenvalue weighted by molar-refractivity contribution is -0.116. The maximum Gasteiger partial charge on any atom is 0.276 e. The van der Waals surface area contributed by atoms with E-state index in [0.29, 0.717) is 22.7 Å². The van der Waals surface area contributed by atoms with Gasteiger partial charge in [0.1, 0.15) is 11.9 Å². The fourth-order valence-corrected chi connectivity index (χ4v) is 4.70. The van der Waals surface area contributed by atoms with Crippen LogP contribution in [0.1, 0.15) is 26.7 Å². The van der Waals surface area contributed by atoms with Crippen molar-refractivity contribution in [3.8, 4) is 0 Å². The minimum absolute atomic E-state index is 0.112. The number of hydrogen-bond acceptors (Lipinski definition) is 5. The second-order valence-corrected chi connectivity index (χ2v) is 8.80. The number of carbonyl (C=O) groups excluding carboxylic acids is 1. The van der Waals surface area contributed by atoms with Gasteiger partial charge in [0.2, 0.25) is 0 Å². The molecule has 0 saturated carbocycles. The van der Waals surface area contributed by atoms with Crippen LogP contribution in [0.4, 0.5) is 0 Å². The van der Waals surface area contributed by atoms with Gasteiger partial charge in [-0.1, -0.05) is 46.3 Å². The van der Waals surface area contributed by atoms with Gasteiger partial charge in [-0.15, -0.1) is 5.10 Å². The molecule has 1 amide bonds. The molecule has 0 saturated heterocycles. The van der Waals surface area contributed by atoms with E-state index in [1.807, 2.05) is 29.5 Å². The molecule has 0 aromatic heterocycles. The summed E-state index contributed by atoms with van der Waals surface area (Å²) in [5, 5.41) is 11.8. The minimum atomic E-state index is -0.161. The molecule has 1 aromatic rings. The summed E-state index contributed by atoms with van der Waals surface area (Å²) in [6.45, 7) is 4.46. The molecule has 26 heavy (non-hydrogen) atoms. The Kier molecular flexibility index (Phi) is 4.69. The zero-order valence-electron chi connectivity index (χ0n) is 15.0. The number of nitrogens with zero attached hydrogens (tertiary/aromatic N) is 3.